The normalized spacial score (nSPS) is 16.3. The highest BCUT2D eigenvalue weighted by molar-refractivity contribution is 5.99. The highest BCUT2D eigenvalue weighted by Crippen LogP contribution is 2.30. The average molecular weight is 304 g/mol. The molecule has 0 saturated heterocycles. The number of hydrogen-bond donors (Lipinski definition) is 2. The molecule has 0 aromatic heterocycles. The number of amides is 2. The molecule has 0 atom stereocenters. The number of aliphatic hydroxyl groups is 1. The lowest BCUT2D eigenvalue weighted by molar-refractivity contribution is -0.133. The summed E-state index contributed by atoms with van der Waals surface area (Å²) in [4.78, 5) is 26.3. The Bertz CT molecular complexity index is 547. The molecule has 0 heterocycles. The van der Waals surface area contributed by atoms with Crippen molar-refractivity contribution in [2.75, 3.05) is 18.4 Å². The molecule has 0 unspecified atom stereocenters. The van der Waals surface area contributed by atoms with E-state index in [1.54, 1.807) is 29.2 Å². The fourth-order valence-electron chi connectivity index (χ4n) is 2.86. The summed E-state index contributed by atoms with van der Waals surface area (Å²) in [6.45, 7) is 5.16. The zero-order valence-corrected chi connectivity index (χ0v) is 13.3. The molecule has 0 spiro atoms. The van der Waals surface area contributed by atoms with Crippen molar-refractivity contribution < 1.29 is 14.7 Å². The molecule has 0 aliphatic heterocycles. The van der Waals surface area contributed by atoms with Crippen molar-refractivity contribution in [2.45, 2.75) is 45.1 Å². The SMILES string of the molecule is CCN(CC)C(=O)c1cccc(NC(=O)C2(O)CCCC2)c1. The van der Waals surface area contributed by atoms with E-state index in [0.29, 0.717) is 37.2 Å². The van der Waals surface area contributed by atoms with E-state index in [-0.39, 0.29) is 11.8 Å². The second-order valence-electron chi connectivity index (χ2n) is 5.75. The van der Waals surface area contributed by atoms with Gasteiger partial charge in [-0.25, -0.2) is 0 Å². The lowest BCUT2D eigenvalue weighted by Gasteiger charge is -2.22. The molecule has 1 aliphatic rings. The van der Waals surface area contributed by atoms with Crippen LogP contribution in [0.15, 0.2) is 24.3 Å². The first kappa shape index (κ1) is 16.5. The van der Waals surface area contributed by atoms with Gasteiger partial charge >= 0.3 is 0 Å². The van der Waals surface area contributed by atoms with Crippen LogP contribution >= 0.6 is 0 Å². The highest BCUT2D eigenvalue weighted by atomic mass is 16.3. The van der Waals surface area contributed by atoms with Gasteiger partial charge in [-0.2, -0.15) is 0 Å². The average Bonchev–Trinajstić information content (AvgIpc) is 2.97. The van der Waals surface area contributed by atoms with Crippen molar-refractivity contribution in [3.8, 4) is 0 Å². The smallest absolute Gasteiger partial charge is 0.256 e. The summed E-state index contributed by atoms with van der Waals surface area (Å²) in [5.41, 5.74) is -0.179. The van der Waals surface area contributed by atoms with Gasteiger partial charge in [0.1, 0.15) is 5.60 Å². The summed E-state index contributed by atoms with van der Waals surface area (Å²) in [6, 6.07) is 6.87. The van der Waals surface area contributed by atoms with Gasteiger partial charge in [-0.3, -0.25) is 9.59 Å². The van der Waals surface area contributed by atoms with Crippen LogP contribution in [0.4, 0.5) is 5.69 Å². The van der Waals surface area contributed by atoms with Crippen LogP contribution in [0.3, 0.4) is 0 Å². The molecule has 2 N–H and O–H groups in total. The fraction of sp³-hybridized carbons (Fsp3) is 0.529. The number of carbonyl (C=O) groups excluding carboxylic acids is 2. The molecule has 1 aliphatic carbocycles. The first-order valence-corrected chi connectivity index (χ1v) is 7.93. The van der Waals surface area contributed by atoms with Gasteiger partial charge < -0.3 is 15.3 Å². The molecule has 5 heteroatoms. The van der Waals surface area contributed by atoms with Crippen LogP contribution in [-0.4, -0.2) is 40.5 Å². The molecule has 1 saturated carbocycles. The molecule has 2 amide bonds. The predicted octanol–water partition coefficient (Wildman–Crippen LogP) is 2.41. The quantitative estimate of drug-likeness (QED) is 0.877. The Morgan fingerprint density at radius 2 is 1.86 bits per heavy atom. The summed E-state index contributed by atoms with van der Waals surface area (Å²) in [6.07, 6.45) is 2.72. The van der Waals surface area contributed by atoms with E-state index >= 15 is 0 Å². The summed E-state index contributed by atoms with van der Waals surface area (Å²) in [5, 5.41) is 13.0. The maximum atomic E-state index is 12.3. The Balaban J connectivity index is 2.11. The molecule has 5 nitrogen and oxygen atoms in total. The fourth-order valence-corrected chi connectivity index (χ4v) is 2.86. The molecule has 1 aromatic rings. The molecule has 120 valence electrons. The summed E-state index contributed by atoms with van der Waals surface area (Å²) in [7, 11) is 0. The standard InChI is InChI=1S/C17H24N2O3/c1-3-19(4-2)15(20)13-8-7-9-14(12-13)18-16(21)17(22)10-5-6-11-17/h7-9,12,22H,3-6,10-11H2,1-2H3,(H,18,21). The second-order valence-corrected chi connectivity index (χ2v) is 5.75. The summed E-state index contributed by atoms with van der Waals surface area (Å²) >= 11 is 0. The van der Waals surface area contributed by atoms with E-state index in [1.165, 1.54) is 0 Å². The van der Waals surface area contributed by atoms with Crippen LogP contribution in [0.25, 0.3) is 0 Å². The maximum absolute atomic E-state index is 12.3. The zero-order valence-electron chi connectivity index (χ0n) is 13.3. The third-order valence-electron chi connectivity index (χ3n) is 4.27. The number of anilines is 1. The topological polar surface area (TPSA) is 69.6 Å². The Morgan fingerprint density at radius 3 is 2.45 bits per heavy atom. The third kappa shape index (κ3) is 3.47. The number of benzene rings is 1. The van der Waals surface area contributed by atoms with Crippen LogP contribution in [0.5, 0.6) is 0 Å². The Morgan fingerprint density at radius 1 is 1.23 bits per heavy atom. The van der Waals surface area contributed by atoms with Gasteiger partial charge in [-0.1, -0.05) is 6.07 Å². The van der Waals surface area contributed by atoms with E-state index in [4.69, 9.17) is 0 Å². The van der Waals surface area contributed by atoms with Gasteiger partial charge in [0.25, 0.3) is 11.8 Å². The van der Waals surface area contributed by atoms with Gasteiger partial charge in [-0.15, -0.1) is 0 Å². The lowest BCUT2D eigenvalue weighted by Crippen LogP contribution is -2.40. The second kappa shape index (κ2) is 6.92. The minimum Gasteiger partial charge on any atom is -0.380 e. The minimum absolute atomic E-state index is 0.0549. The molecule has 2 rings (SSSR count). The van der Waals surface area contributed by atoms with Gasteiger partial charge in [0, 0.05) is 24.3 Å². The Hall–Kier alpha value is -1.88. The van der Waals surface area contributed by atoms with Crippen molar-refractivity contribution in [2.24, 2.45) is 0 Å². The number of carbonyl (C=O) groups is 2. The van der Waals surface area contributed by atoms with Crippen LogP contribution < -0.4 is 5.32 Å². The van der Waals surface area contributed by atoms with Crippen LogP contribution in [-0.2, 0) is 4.79 Å². The first-order valence-electron chi connectivity index (χ1n) is 7.93. The summed E-state index contributed by atoms with van der Waals surface area (Å²) < 4.78 is 0. The van der Waals surface area contributed by atoms with Gasteiger partial charge in [0.05, 0.1) is 0 Å². The van der Waals surface area contributed by atoms with Gasteiger partial charge in [0.15, 0.2) is 0 Å². The molecular weight excluding hydrogens is 280 g/mol. The largest absolute Gasteiger partial charge is 0.380 e. The zero-order chi connectivity index (χ0) is 16.2. The van der Waals surface area contributed by atoms with Crippen LogP contribution in [0.2, 0.25) is 0 Å². The minimum atomic E-state index is -1.26. The van der Waals surface area contributed by atoms with E-state index in [0.717, 1.165) is 12.8 Å². The van der Waals surface area contributed by atoms with E-state index in [1.807, 2.05) is 13.8 Å². The molecular formula is C17H24N2O3. The molecule has 0 radical (unpaired) electrons. The molecule has 1 aromatic carbocycles. The number of rotatable bonds is 5. The van der Waals surface area contributed by atoms with Crippen LogP contribution in [0, 0.1) is 0 Å². The van der Waals surface area contributed by atoms with Gasteiger partial charge in [0.2, 0.25) is 0 Å². The number of hydrogen-bond acceptors (Lipinski definition) is 3. The molecule has 0 bridgehead atoms. The third-order valence-corrected chi connectivity index (χ3v) is 4.27. The highest BCUT2D eigenvalue weighted by Gasteiger charge is 2.38. The van der Waals surface area contributed by atoms with E-state index in [2.05, 4.69) is 5.32 Å². The first-order chi connectivity index (χ1) is 10.5. The monoisotopic (exact) mass is 304 g/mol. The van der Waals surface area contributed by atoms with Crippen molar-refractivity contribution in [3.63, 3.8) is 0 Å². The maximum Gasteiger partial charge on any atom is 0.256 e. The Labute approximate surface area is 131 Å². The lowest BCUT2D eigenvalue weighted by atomic mass is 10.0. The number of nitrogens with zero attached hydrogens (tertiary/aromatic N) is 1. The molecule has 1 fully saturated rings. The number of nitrogens with one attached hydrogen (secondary N) is 1. The summed E-state index contributed by atoms with van der Waals surface area (Å²) in [5.74, 6) is -0.432. The van der Waals surface area contributed by atoms with E-state index < -0.39 is 5.60 Å². The van der Waals surface area contributed by atoms with Gasteiger partial charge in [-0.05, 0) is 57.7 Å². The Kier molecular flexibility index (Phi) is 5.19. The van der Waals surface area contributed by atoms with Crippen LogP contribution in [0.1, 0.15) is 49.9 Å². The predicted molar refractivity (Wildman–Crippen MR) is 85.7 cm³/mol. The van der Waals surface area contributed by atoms with Crippen molar-refractivity contribution in [3.05, 3.63) is 29.8 Å². The van der Waals surface area contributed by atoms with E-state index in [9.17, 15) is 14.7 Å². The van der Waals surface area contributed by atoms with Crippen molar-refractivity contribution in [1.82, 2.24) is 4.90 Å². The molecule has 22 heavy (non-hydrogen) atoms. The van der Waals surface area contributed by atoms with Crippen molar-refractivity contribution >= 4 is 17.5 Å². The van der Waals surface area contributed by atoms with Crippen molar-refractivity contribution in [1.29, 1.82) is 0 Å².